The van der Waals surface area contributed by atoms with E-state index in [9.17, 15) is 22.8 Å². The first-order chi connectivity index (χ1) is 9.59. The van der Waals surface area contributed by atoms with E-state index in [0.29, 0.717) is 0 Å². The molecule has 0 aliphatic rings. The minimum atomic E-state index is -4.52. The first kappa shape index (κ1) is 17.3. The minimum Gasteiger partial charge on any atom is -0.481 e. The first-order valence-corrected chi connectivity index (χ1v) is 6.55. The molecule has 0 radical (unpaired) electrons. The number of rotatable bonds is 4. The van der Waals surface area contributed by atoms with Crippen LogP contribution in [0.2, 0.25) is 0 Å². The number of amides is 2. The molecule has 1 unspecified atom stereocenters. The Bertz CT molecular complexity index is 549. The highest BCUT2D eigenvalue weighted by atomic mass is 79.9. The van der Waals surface area contributed by atoms with Crippen molar-refractivity contribution >= 4 is 33.6 Å². The van der Waals surface area contributed by atoms with E-state index in [-0.39, 0.29) is 16.6 Å². The van der Waals surface area contributed by atoms with Gasteiger partial charge in [-0.2, -0.15) is 13.2 Å². The lowest BCUT2D eigenvalue weighted by atomic mass is 10.2. The maximum absolute atomic E-state index is 12.6. The van der Waals surface area contributed by atoms with Crippen LogP contribution in [0.15, 0.2) is 22.7 Å². The van der Waals surface area contributed by atoms with Gasteiger partial charge in [0.1, 0.15) is 0 Å². The van der Waals surface area contributed by atoms with Crippen LogP contribution < -0.4 is 10.6 Å². The highest BCUT2D eigenvalue weighted by Crippen LogP contribution is 2.33. The van der Waals surface area contributed by atoms with Crippen LogP contribution >= 0.6 is 15.9 Å². The number of aliphatic carboxylic acids is 1. The molecule has 2 amide bonds. The summed E-state index contributed by atoms with van der Waals surface area (Å²) >= 11 is 3.03. The summed E-state index contributed by atoms with van der Waals surface area (Å²) in [5.74, 6) is -1.09. The van der Waals surface area contributed by atoms with Gasteiger partial charge in [-0.15, -0.1) is 0 Å². The Morgan fingerprint density at radius 2 is 2.00 bits per heavy atom. The number of alkyl halides is 3. The summed E-state index contributed by atoms with van der Waals surface area (Å²) in [6.07, 6.45) is -4.82. The molecule has 3 N–H and O–H groups in total. The zero-order chi connectivity index (χ0) is 16.2. The third kappa shape index (κ3) is 5.62. The van der Waals surface area contributed by atoms with Crippen molar-refractivity contribution in [3.8, 4) is 0 Å². The number of benzene rings is 1. The molecule has 116 valence electrons. The van der Waals surface area contributed by atoms with Crippen molar-refractivity contribution in [1.29, 1.82) is 0 Å². The quantitative estimate of drug-likeness (QED) is 0.761. The van der Waals surface area contributed by atoms with E-state index in [4.69, 9.17) is 5.11 Å². The van der Waals surface area contributed by atoms with E-state index < -0.39 is 29.8 Å². The van der Waals surface area contributed by atoms with E-state index >= 15 is 0 Å². The lowest BCUT2D eigenvalue weighted by Gasteiger charge is -2.15. The van der Waals surface area contributed by atoms with Crippen molar-refractivity contribution < 1.29 is 27.9 Å². The number of carboxylic acid groups (broad SMARTS) is 1. The van der Waals surface area contributed by atoms with Gasteiger partial charge in [-0.1, -0.05) is 0 Å². The number of hydrogen-bond acceptors (Lipinski definition) is 2. The summed E-state index contributed by atoms with van der Waals surface area (Å²) in [7, 11) is 0. The standard InChI is InChI=1S/C12H12BrF3N2O3/c1-6(4-10(19)20)17-11(21)18-9-5-7(12(14,15)16)2-3-8(9)13/h2-3,5-6H,4H2,1H3,(H,19,20)(H2,17,18,21). The summed E-state index contributed by atoms with van der Waals surface area (Å²) in [4.78, 5) is 22.1. The van der Waals surface area contributed by atoms with Gasteiger partial charge in [-0.25, -0.2) is 4.79 Å². The number of urea groups is 1. The predicted molar refractivity (Wildman–Crippen MR) is 73.0 cm³/mol. The third-order valence-electron chi connectivity index (χ3n) is 2.40. The molecule has 21 heavy (non-hydrogen) atoms. The molecular weight excluding hydrogens is 357 g/mol. The smallest absolute Gasteiger partial charge is 0.416 e. The Balaban J connectivity index is 2.78. The molecule has 0 fully saturated rings. The van der Waals surface area contributed by atoms with Crippen molar-refractivity contribution in [2.24, 2.45) is 0 Å². The summed E-state index contributed by atoms with van der Waals surface area (Å²) < 4.78 is 38.0. The average molecular weight is 369 g/mol. The first-order valence-electron chi connectivity index (χ1n) is 5.75. The largest absolute Gasteiger partial charge is 0.481 e. The normalized spacial score (nSPS) is 12.6. The number of halogens is 4. The van der Waals surface area contributed by atoms with E-state index in [1.54, 1.807) is 0 Å². The second-order valence-electron chi connectivity index (χ2n) is 4.29. The molecule has 0 aliphatic heterocycles. The summed E-state index contributed by atoms with van der Waals surface area (Å²) in [5.41, 5.74) is -0.968. The van der Waals surface area contributed by atoms with Crippen molar-refractivity contribution in [2.45, 2.75) is 25.6 Å². The Morgan fingerprint density at radius 1 is 1.38 bits per heavy atom. The number of nitrogens with one attached hydrogen (secondary N) is 2. The molecule has 0 aromatic heterocycles. The molecule has 0 saturated heterocycles. The van der Waals surface area contributed by atoms with E-state index in [1.165, 1.54) is 13.0 Å². The van der Waals surface area contributed by atoms with Gasteiger partial charge in [0.25, 0.3) is 0 Å². The van der Waals surface area contributed by atoms with Crippen LogP contribution in [0.1, 0.15) is 18.9 Å². The zero-order valence-electron chi connectivity index (χ0n) is 10.8. The number of carbonyl (C=O) groups excluding carboxylic acids is 1. The fourth-order valence-electron chi connectivity index (χ4n) is 1.49. The van der Waals surface area contributed by atoms with Crippen LogP contribution in [-0.2, 0) is 11.0 Å². The van der Waals surface area contributed by atoms with Crippen molar-refractivity contribution in [3.05, 3.63) is 28.2 Å². The Kier molecular flexibility index (Phi) is 5.59. The summed E-state index contributed by atoms with van der Waals surface area (Å²) in [6.45, 7) is 1.47. The van der Waals surface area contributed by atoms with E-state index in [2.05, 4.69) is 26.6 Å². The van der Waals surface area contributed by atoms with Crippen LogP contribution in [0.25, 0.3) is 0 Å². The Hall–Kier alpha value is -1.77. The predicted octanol–water partition coefficient (Wildman–Crippen LogP) is 3.45. The van der Waals surface area contributed by atoms with Crippen LogP contribution in [0.4, 0.5) is 23.7 Å². The monoisotopic (exact) mass is 368 g/mol. The van der Waals surface area contributed by atoms with Gasteiger partial charge in [0.2, 0.25) is 0 Å². The zero-order valence-corrected chi connectivity index (χ0v) is 12.4. The highest BCUT2D eigenvalue weighted by molar-refractivity contribution is 9.10. The fraction of sp³-hybridized carbons (Fsp3) is 0.333. The van der Waals surface area contributed by atoms with Crippen molar-refractivity contribution in [3.63, 3.8) is 0 Å². The SMILES string of the molecule is CC(CC(=O)O)NC(=O)Nc1cc(C(F)(F)F)ccc1Br. The maximum Gasteiger partial charge on any atom is 0.416 e. The Labute approximate surface area is 126 Å². The number of hydrogen-bond donors (Lipinski definition) is 3. The molecule has 0 spiro atoms. The second kappa shape index (κ2) is 6.79. The Morgan fingerprint density at radius 3 is 2.52 bits per heavy atom. The lowest BCUT2D eigenvalue weighted by molar-refractivity contribution is -0.138. The topological polar surface area (TPSA) is 78.4 Å². The van der Waals surface area contributed by atoms with Crippen molar-refractivity contribution in [1.82, 2.24) is 5.32 Å². The molecule has 1 rings (SSSR count). The maximum atomic E-state index is 12.6. The number of carbonyl (C=O) groups is 2. The molecule has 5 nitrogen and oxygen atoms in total. The van der Waals surface area contributed by atoms with Gasteiger partial charge in [-0.05, 0) is 41.1 Å². The van der Waals surface area contributed by atoms with Gasteiger partial charge in [0.15, 0.2) is 0 Å². The van der Waals surface area contributed by atoms with Crippen LogP contribution in [0, 0.1) is 0 Å². The lowest BCUT2D eigenvalue weighted by Crippen LogP contribution is -2.37. The summed E-state index contributed by atoms with van der Waals surface area (Å²) in [5, 5.41) is 13.1. The number of anilines is 1. The third-order valence-corrected chi connectivity index (χ3v) is 3.09. The van der Waals surface area contributed by atoms with Gasteiger partial charge in [0.05, 0.1) is 17.7 Å². The highest BCUT2D eigenvalue weighted by Gasteiger charge is 2.31. The fourth-order valence-corrected chi connectivity index (χ4v) is 1.84. The van der Waals surface area contributed by atoms with Gasteiger partial charge >= 0.3 is 18.2 Å². The second-order valence-corrected chi connectivity index (χ2v) is 5.14. The van der Waals surface area contributed by atoms with Crippen molar-refractivity contribution in [2.75, 3.05) is 5.32 Å². The molecule has 0 aliphatic carbocycles. The molecule has 0 bridgehead atoms. The van der Waals surface area contributed by atoms with E-state index in [1.807, 2.05) is 0 Å². The minimum absolute atomic E-state index is 0.0650. The molecule has 1 aromatic carbocycles. The van der Waals surface area contributed by atoms with Crippen LogP contribution in [0.5, 0.6) is 0 Å². The van der Waals surface area contributed by atoms with Crippen LogP contribution in [0.3, 0.4) is 0 Å². The van der Waals surface area contributed by atoms with E-state index in [0.717, 1.165) is 12.1 Å². The molecular formula is C12H12BrF3N2O3. The van der Waals surface area contributed by atoms with Gasteiger partial charge < -0.3 is 15.7 Å². The summed E-state index contributed by atoms with van der Waals surface area (Å²) in [6, 6.07) is 1.38. The number of carboxylic acids is 1. The average Bonchev–Trinajstić information content (AvgIpc) is 2.28. The van der Waals surface area contributed by atoms with Gasteiger partial charge in [-0.3, -0.25) is 4.79 Å². The molecule has 1 atom stereocenters. The van der Waals surface area contributed by atoms with Crippen LogP contribution in [-0.4, -0.2) is 23.1 Å². The molecule has 1 aromatic rings. The van der Waals surface area contributed by atoms with Gasteiger partial charge in [0, 0.05) is 10.5 Å². The molecule has 9 heteroatoms. The molecule has 0 saturated carbocycles. The molecule has 0 heterocycles.